The highest BCUT2D eigenvalue weighted by molar-refractivity contribution is 6.02. The third-order valence-electron chi connectivity index (χ3n) is 7.77. The van der Waals surface area contributed by atoms with Gasteiger partial charge in [0.15, 0.2) is 0 Å². The zero-order chi connectivity index (χ0) is 31.3. The van der Waals surface area contributed by atoms with Crippen LogP contribution in [0.1, 0.15) is 24.4 Å². The van der Waals surface area contributed by atoms with Gasteiger partial charge in [-0.1, -0.05) is 29.5 Å². The summed E-state index contributed by atoms with van der Waals surface area (Å²) in [4.78, 5) is 32.1. The number of hydrogen-bond acceptors (Lipinski definition) is 10. The molecule has 0 spiro atoms. The van der Waals surface area contributed by atoms with Gasteiger partial charge in [-0.2, -0.15) is 4.68 Å². The van der Waals surface area contributed by atoms with Gasteiger partial charge in [-0.15, -0.1) is 10.2 Å². The Balaban J connectivity index is 1.44. The smallest absolute Gasteiger partial charge is 0.249 e. The van der Waals surface area contributed by atoms with E-state index in [1.165, 1.54) is 27.7 Å². The fourth-order valence-electron chi connectivity index (χ4n) is 5.44. The summed E-state index contributed by atoms with van der Waals surface area (Å²) in [7, 11) is 5.40. The number of para-hydroxylation sites is 1. The van der Waals surface area contributed by atoms with Gasteiger partial charge in [0, 0.05) is 44.7 Å². The molecule has 6 rings (SSSR count). The van der Waals surface area contributed by atoms with E-state index in [0.29, 0.717) is 46.9 Å². The van der Waals surface area contributed by atoms with E-state index < -0.39 is 6.04 Å². The number of fused-ring (bicyclic) bond motifs is 1. The Morgan fingerprint density at radius 3 is 2.58 bits per heavy atom. The number of carbonyl (C=O) groups is 2. The maximum absolute atomic E-state index is 14.5. The number of carbonyl (C=O) groups excluding carboxylic acids is 2. The number of nitrogens with zero attached hydrogens (tertiary/aromatic N) is 9. The first kappa shape index (κ1) is 29.7. The fraction of sp³-hybridized carbons (Fsp3) is 0.323. The van der Waals surface area contributed by atoms with Crippen LogP contribution in [0.15, 0.2) is 73.1 Å². The molecule has 1 fully saturated rings. The van der Waals surface area contributed by atoms with Gasteiger partial charge in [-0.05, 0) is 65.2 Å². The number of anilines is 2. The summed E-state index contributed by atoms with van der Waals surface area (Å²) in [5.41, 5.74) is 3.95. The number of nitrogens with one attached hydrogen (secondary N) is 1. The first-order chi connectivity index (χ1) is 21.9. The van der Waals surface area contributed by atoms with E-state index in [1.807, 2.05) is 67.5 Å². The number of amides is 2. The van der Waals surface area contributed by atoms with Crippen LogP contribution in [-0.2, 0) is 20.9 Å². The van der Waals surface area contributed by atoms with E-state index >= 15 is 0 Å². The van der Waals surface area contributed by atoms with Crippen molar-refractivity contribution in [3.05, 3.63) is 78.6 Å². The normalized spacial score (nSPS) is 15.1. The molecule has 0 aliphatic carbocycles. The van der Waals surface area contributed by atoms with Crippen molar-refractivity contribution in [1.29, 1.82) is 0 Å². The lowest BCUT2D eigenvalue weighted by Gasteiger charge is -2.32. The summed E-state index contributed by atoms with van der Waals surface area (Å²) in [6, 6.07) is 19.1. The van der Waals surface area contributed by atoms with Crippen molar-refractivity contribution >= 4 is 34.2 Å². The molecule has 5 aromatic rings. The molecule has 14 nitrogen and oxygen atoms in total. The Kier molecular flexibility index (Phi) is 8.64. The molecule has 3 heterocycles. The molecule has 0 saturated carbocycles. The minimum atomic E-state index is -1.03. The van der Waals surface area contributed by atoms with Crippen molar-refractivity contribution in [2.45, 2.75) is 31.5 Å². The third kappa shape index (κ3) is 6.31. The first-order valence-electron chi connectivity index (χ1n) is 14.6. The quantitative estimate of drug-likeness (QED) is 0.237. The van der Waals surface area contributed by atoms with Gasteiger partial charge < -0.3 is 19.7 Å². The van der Waals surface area contributed by atoms with Crippen LogP contribution >= 0.6 is 0 Å². The van der Waals surface area contributed by atoms with Crippen LogP contribution in [0, 0.1) is 0 Å². The molecule has 2 amide bonds. The Morgan fingerprint density at radius 2 is 1.87 bits per heavy atom. The third-order valence-corrected chi connectivity index (χ3v) is 7.77. The molecule has 1 aliphatic heterocycles. The molecule has 0 unspecified atom stereocenters. The summed E-state index contributed by atoms with van der Waals surface area (Å²) in [5, 5.41) is 22.9. The van der Waals surface area contributed by atoms with Gasteiger partial charge in [0.2, 0.25) is 11.8 Å². The summed E-state index contributed by atoms with van der Waals surface area (Å²) in [6.07, 6.45) is 3.18. The number of benzene rings is 3. The maximum atomic E-state index is 14.5. The van der Waals surface area contributed by atoms with Gasteiger partial charge in [0.05, 0.1) is 18.7 Å². The molecule has 3 aromatic carbocycles. The van der Waals surface area contributed by atoms with E-state index in [0.717, 1.165) is 18.5 Å². The molecule has 232 valence electrons. The number of ether oxygens (including phenoxy) is 2. The van der Waals surface area contributed by atoms with Crippen molar-refractivity contribution < 1.29 is 19.1 Å². The van der Waals surface area contributed by atoms with Crippen LogP contribution in [0.3, 0.4) is 0 Å². The zero-order valence-electron chi connectivity index (χ0n) is 25.3. The van der Waals surface area contributed by atoms with Crippen molar-refractivity contribution in [2.75, 3.05) is 44.2 Å². The van der Waals surface area contributed by atoms with Crippen LogP contribution in [0.2, 0.25) is 0 Å². The predicted molar refractivity (Wildman–Crippen MR) is 166 cm³/mol. The SMILES string of the molecule is COc1cc(N(C(=O)Cn2nnc3ccccc32)[C@H](C(=O)NC[C@@H]2CCCO2)c2ccc(N(C)C)cc2)ccc1-n1cnnn1. The van der Waals surface area contributed by atoms with Gasteiger partial charge in [0.25, 0.3) is 0 Å². The molecular formula is C31H34N10O4. The highest BCUT2D eigenvalue weighted by atomic mass is 16.5. The summed E-state index contributed by atoms with van der Waals surface area (Å²) in [5.74, 6) is -0.314. The largest absolute Gasteiger partial charge is 0.494 e. The van der Waals surface area contributed by atoms with Gasteiger partial charge in [-0.3, -0.25) is 14.5 Å². The average Bonchev–Trinajstić information content (AvgIpc) is 3.86. The van der Waals surface area contributed by atoms with Crippen molar-refractivity contribution in [1.82, 2.24) is 40.5 Å². The lowest BCUT2D eigenvalue weighted by Crippen LogP contribution is -2.46. The zero-order valence-corrected chi connectivity index (χ0v) is 25.3. The van der Waals surface area contributed by atoms with E-state index in [9.17, 15) is 9.59 Å². The number of aromatic nitrogens is 7. The van der Waals surface area contributed by atoms with Crippen LogP contribution in [0.25, 0.3) is 16.7 Å². The standard InChI is InChI=1S/C31H34N10O4/c1-38(2)22-12-10-21(11-13-22)30(31(43)32-18-24-7-6-16-45-24)41(29(42)19-39-26-9-5-4-8-25(26)34-36-39)23-14-15-27(28(17-23)44-3)40-20-33-35-37-40/h4-5,8-15,17,20,24,30H,6-7,16,18-19H2,1-3H3,(H,32,43)/t24-,30-/m0/s1. The molecule has 14 heteroatoms. The molecule has 1 N–H and O–H groups in total. The highest BCUT2D eigenvalue weighted by Gasteiger charge is 2.34. The topological polar surface area (TPSA) is 145 Å². The second kappa shape index (κ2) is 13.1. The summed E-state index contributed by atoms with van der Waals surface area (Å²) < 4.78 is 14.5. The second-order valence-electron chi connectivity index (χ2n) is 10.9. The summed E-state index contributed by atoms with van der Waals surface area (Å²) in [6.45, 7) is 0.838. The molecule has 1 aliphatic rings. The Morgan fingerprint density at radius 1 is 1.07 bits per heavy atom. The van der Waals surface area contributed by atoms with Crippen molar-refractivity contribution in [2.24, 2.45) is 0 Å². The molecule has 2 atom stereocenters. The van der Waals surface area contributed by atoms with Crippen LogP contribution < -0.4 is 19.9 Å². The van der Waals surface area contributed by atoms with E-state index in [2.05, 4.69) is 31.2 Å². The number of tetrazole rings is 1. The molecule has 1 saturated heterocycles. The van der Waals surface area contributed by atoms with Crippen molar-refractivity contribution in [3.8, 4) is 11.4 Å². The fourth-order valence-corrected chi connectivity index (χ4v) is 5.44. The van der Waals surface area contributed by atoms with Crippen molar-refractivity contribution in [3.63, 3.8) is 0 Å². The molecule has 0 radical (unpaired) electrons. The lowest BCUT2D eigenvalue weighted by atomic mass is 10.0. The Bertz CT molecular complexity index is 1770. The van der Waals surface area contributed by atoms with E-state index in [4.69, 9.17) is 9.47 Å². The number of hydrogen-bond donors (Lipinski definition) is 1. The lowest BCUT2D eigenvalue weighted by molar-refractivity contribution is -0.127. The molecule has 45 heavy (non-hydrogen) atoms. The van der Waals surface area contributed by atoms with Gasteiger partial charge in [0.1, 0.15) is 35.9 Å². The van der Waals surface area contributed by atoms with E-state index in [1.54, 1.807) is 18.2 Å². The van der Waals surface area contributed by atoms with Gasteiger partial charge in [-0.25, -0.2) is 4.68 Å². The first-order valence-corrected chi connectivity index (χ1v) is 14.6. The van der Waals surface area contributed by atoms with E-state index in [-0.39, 0.29) is 24.5 Å². The molecular weight excluding hydrogens is 576 g/mol. The van der Waals surface area contributed by atoms with Crippen LogP contribution in [0.5, 0.6) is 5.75 Å². The Hall–Kier alpha value is -5.37. The number of rotatable bonds is 11. The molecule has 2 aromatic heterocycles. The highest BCUT2D eigenvalue weighted by Crippen LogP contribution is 2.34. The number of methoxy groups -OCH3 is 1. The minimum absolute atomic E-state index is 0.0768. The molecule has 0 bridgehead atoms. The Labute approximate surface area is 259 Å². The predicted octanol–water partition coefficient (Wildman–Crippen LogP) is 2.55. The minimum Gasteiger partial charge on any atom is -0.494 e. The van der Waals surface area contributed by atoms with Gasteiger partial charge >= 0.3 is 0 Å². The maximum Gasteiger partial charge on any atom is 0.249 e. The summed E-state index contributed by atoms with van der Waals surface area (Å²) >= 11 is 0. The monoisotopic (exact) mass is 610 g/mol. The average molecular weight is 611 g/mol. The van der Waals surface area contributed by atoms with Crippen LogP contribution in [-0.4, -0.2) is 87.5 Å². The van der Waals surface area contributed by atoms with Crippen LogP contribution in [0.4, 0.5) is 11.4 Å². The second-order valence-corrected chi connectivity index (χ2v) is 10.9.